The molecule has 0 radical (unpaired) electrons. The third kappa shape index (κ3) is 4.65. The van der Waals surface area contributed by atoms with Gasteiger partial charge in [0, 0.05) is 35.2 Å². The van der Waals surface area contributed by atoms with Crippen molar-refractivity contribution in [1.29, 1.82) is 5.26 Å². The van der Waals surface area contributed by atoms with Gasteiger partial charge in [0.1, 0.15) is 23.9 Å². The van der Waals surface area contributed by atoms with Gasteiger partial charge in [-0.3, -0.25) is 4.90 Å². The van der Waals surface area contributed by atoms with Crippen LogP contribution in [0.25, 0.3) is 10.9 Å². The van der Waals surface area contributed by atoms with Crippen molar-refractivity contribution in [3.8, 4) is 11.8 Å². The fourth-order valence-electron chi connectivity index (χ4n) is 4.12. The van der Waals surface area contributed by atoms with Crippen molar-refractivity contribution in [3.63, 3.8) is 0 Å². The number of alkyl halides is 3. The average molecular weight is 446 g/mol. The minimum Gasteiger partial charge on any atom is -0.492 e. The SMILES string of the molecule is N#CC1CCN(C2COc3cc(F)ccc3C2)C1.Nc1cccc2[nH]c(C(F)(F)F)cc12. The van der Waals surface area contributed by atoms with Crippen LogP contribution in [0, 0.1) is 23.1 Å². The predicted molar refractivity (Wildman–Crippen MR) is 112 cm³/mol. The zero-order valence-corrected chi connectivity index (χ0v) is 17.1. The standard InChI is InChI=1S/C14H15FN2O.C9H7F3N2/c15-12-2-1-11-5-13(9-18-14(11)6-12)17-4-3-10(7-16)8-17;10-9(11,12)8-4-5-6(13)2-1-3-7(5)14-8/h1-2,6,10,13H,3-5,8-9H2;1-4,14H,13H2. The summed E-state index contributed by atoms with van der Waals surface area (Å²) >= 11 is 0. The Kier molecular flexibility index (Phi) is 5.98. The van der Waals surface area contributed by atoms with Gasteiger partial charge in [-0.15, -0.1) is 0 Å². The zero-order chi connectivity index (χ0) is 22.9. The molecule has 9 heteroatoms. The molecule has 2 aliphatic heterocycles. The maximum absolute atomic E-state index is 13.1. The Morgan fingerprint density at radius 1 is 1.19 bits per heavy atom. The number of H-pyrrole nitrogens is 1. The van der Waals surface area contributed by atoms with Gasteiger partial charge in [0.15, 0.2) is 0 Å². The van der Waals surface area contributed by atoms with Gasteiger partial charge in [0.2, 0.25) is 0 Å². The molecule has 3 heterocycles. The summed E-state index contributed by atoms with van der Waals surface area (Å²) in [6, 6.07) is 13.1. The highest BCUT2D eigenvalue weighted by molar-refractivity contribution is 5.91. The van der Waals surface area contributed by atoms with E-state index in [0.717, 1.165) is 37.6 Å². The van der Waals surface area contributed by atoms with Gasteiger partial charge in [-0.1, -0.05) is 12.1 Å². The molecular formula is C23H22F4N4O. The highest BCUT2D eigenvalue weighted by atomic mass is 19.4. The molecule has 0 saturated carbocycles. The van der Waals surface area contributed by atoms with E-state index in [9.17, 15) is 17.6 Å². The number of rotatable bonds is 1. The lowest BCUT2D eigenvalue weighted by molar-refractivity contribution is -0.140. The van der Waals surface area contributed by atoms with Crippen molar-refractivity contribution in [3.05, 3.63) is 59.5 Å². The summed E-state index contributed by atoms with van der Waals surface area (Å²) in [6.45, 7) is 2.39. The van der Waals surface area contributed by atoms with Crippen molar-refractivity contribution in [2.75, 3.05) is 25.4 Å². The van der Waals surface area contributed by atoms with Crippen LogP contribution in [0.15, 0.2) is 42.5 Å². The highest BCUT2D eigenvalue weighted by Gasteiger charge is 2.33. The number of benzene rings is 2. The molecular weight excluding hydrogens is 424 g/mol. The molecule has 2 unspecified atom stereocenters. The van der Waals surface area contributed by atoms with Crippen LogP contribution in [0.2, 0.25) is 0 Å². The van der Waals surface area contributed by atoms with Gasteiger partial charge in [-0.2, -0.15) is 18.4 Å². The molecule has 0 amide bonds. The van der Waals surface area contributed by atoms with Crippen molar-refractivity contribution in [1.82, 2.24) is 9.88 Å². The molecule has 3 aromatic rings. The number of aromatic amines is 1. The molecule has 32 heavy (non-hydrogen) atoms. The van der Waals surface area contributed by atoms with E-state index in [2.05, 4.69) is 16.0 Å². The number of nitrogens with one attached hydrogen (secondary N) is 1. The molecule has 1 aromatic heterocycles. The minimum absolute atomic E-state index is 0.152. The molecule has 0 spiro atoms. The molecule has 2 aliphatic rings. The number of halogens is 4. The molecule has 5 rings (SSSR count). The summed E-state index contributed by atoms with van der Waals surface area (Å²) in [4.78, 5) is 4.59. The number of fused-ring (bicyclic) bond motifs is 2. The van der Waals surface area contributed by atoms with Crippen molar-refractivity contribution < 1.29 is 22.3 Å². The monoisotopic (exact) mass is 446 g/mol. The number of nitrogens with two attached hydrogens (primary N) is 1. The van der Waals surface area contributed by atoms with E-state index in [1.54, 1.807) is 24.3 Å². The van der Waals surface area contributed by atoms with Crippen LogP contribution in [0.3, 0.4) is 0 Å². The van der Waals surface area contributed by atoms with Gasteiger partial charge in [0.25, 0.3) is 0 Å². The lowest BCUT2D eigenvalue weighted by Crippen LogP contribution is -2.41. The first-order valence-corrected chi connectivity index (χ1v) is 10.2. The molecule has 0 aliphatic carbocycles. The Bertz CT molecular complexity index is 1150. The lowest BCUT2D eigenvalue weighted by Gasteiger charge is -2.32. The Balaban J connectivity index is 0.000000158. The Labute approximate surface area is 182 Å². The quantitative estimate of drug-likeness (QED) is 0.418. The highest BCUT2D eigenvalue weighted by Crippen LogP contribution is 2.33. The number of anilines is 1. The van der Waals surface area contributed by atoms with Crippen LogP contribution in [-0.4, -0.2) is 35.6 Å². The second kappa shape index (κ2) is 8.71. The summed E-state index contributed by atoms with van der Waals surface area (Å²) in [5.41, 5.74) is 6.56. The second-order valence-electron chi connectivity index (χ2n) is 8.02. The minimum atomic E-state index is -4.36. The topological polar surface area (TPSA) is 78.1 Å². The molecule has 0 bridgehead atoms. The van der Waals surface area contributed by atoms with Crippen LogP contribution in [0.5, 0.6) is 5.75 Å². The molecule has 2 atom stereocenters. The number of ether oxygens (including phenoxy) is 1. The molecule has 168 valence electrons. The third-order valence-corrected chi connectivity index (χ3v) is 5.84. The van der Waals surface area contributed by atoms with E-state index in [0.29, 0.717) is 35.0 Å². The van der Waals surface area contributed by atoms with E-state index in [1.165, 1.54) is 12.1 Å². The lowest BCUT2D eigenvalue weighted by atomic mass is 10.0. The number of hydrogen-bond donors (Lipinski definition) is 2. The third-order valence-electron chi connectivity index (χ3n) is 5.84. The molecule has 1 fully saturated rings. The van der Waals surface area contributed by atoms with Gasteiger partial charge in [0.05, 0.1) is 12.0 Å². The van der Waals surface area contributed by atoms with Crippen LogP contribution >= 0.6 is 0 Å². The summed E-state index contributed by atoms with van der Waals surface area (Å²) in [6.07, 6.45) is -2.53. The van der Waals surface area contributed by atoms with Gasteiger partial charge < -0.3 is 15.5 Å². The van der Waals surface area contributed by atoms with Crippen LogP contribution in [0.4, 0.5) is 23.2 Å². The molecule has 2 aromatic carbocycles. The van der Waals surface area contributed by atoms with Crippen molar-refractivity contribution in [2.24, 2.45) is 5.92 Å². The summed E-state index contributed by atoms with van der Waals surface area (Å²) < 4.78 is 55.6. The van der Waals surface area contributed by atoms with E-state index in [-0.39, 0.29) is 11.7 Å². The van der Waals surface area contributed by atoms with Crippen LogP contribution in [-0.2, 0) is 12.6 Å². The normalized spacial score (nSPS) is 20.7. The number of aromatic nitrogens is 1. The number of likely N-dealkylation sites (tertiary alicyclic amines) is 1. The fraction of sp³-hybridized carbons (Fsp3) is 0.348. The van der Waals surface area contributed by atoms with E-state index in [4.69, 9.17) is 15.7 Å². The van der Waals surface area contributed by atoms with Crippen LogP contribution in [0.1, 0.15) is 17.7 Å². The smallest absolute Gasteiger partial charge is 0.431 e. The van der Waals surface area contributed by atoms with Gasteiger partial charge in [-0.25, -0.2) is 4.39 Å². The largest absolute Gasteiger partial charge is 0.492 e. The maximum Gasteiger partial charge on any atom is 0.431 e. The van der Waals surface area contributed by atoms with E-state index in [1.807, 2.05) is 0 Å². The first-order valence-electron chi connectivity index (χ1n) is 10.2. The van der Waals surface area contributed by atoms with Crippen LogP contribution < -0.4 is 10.5 Å². The Hall–Kier alpha value is -3.25. The molecule has 3 N–H and O–H groups in total. The summed E-state index contributed by atoms with van der Waals surface area (Å²) in [5, 5.41) is 9.32. The summed E-state index contributed by atoms with van der Waals surface area (Å²) in [5.74, 6) is 0.569. The number of nitriles is 1. The average Bonchev–Trinajstić information content (AvgIpc) is 3.42. The maximum atomic E-state index is 13.1. The van der Waals surface area contributed by atoms with Gasteiger partial charge >= 0.3 is 6.18 Å². The zero-order valence-electron chi connectivity index (χ0n) is 17.1. The molecule has 1 saturated heterocycles. The number of nitrogen functional groups attached to an aromatic ring is 1. The Morgan fingerprint density at radius 2 is 2.00 bits per heavy atom. The number of nitrogens with zero attached hydrogens (tertiary/aromatic N) is 2. The van der Waals surface area contributed by atoms with Crippen molar-refractivity contribution in [2.45, 2.75) is 25.1 Å². The van der Waals surface area contributed by atoms with E-state index >= 15 is 0 Å². The first kappa shape index (κ1) is 22.0. The van der Waals surface area contributed by atoms with E-state index < -0.39 is 11.9 Å². The summed E-state index contributed by atoms with van der Waals surface area (Å²) in [7, 11) is 0. The predicted octanol–water partition coefficient (Wildman–Crippen LogP) is 4.74. The fourth-order valence-corrected chi connectivity index (χ4v) is 4.12. The van der Waals surface area contributed by atoms with Gasteiger partial charge in [-0.05, 0) is 49.2 Å². The molecule has 5 nitrogen and oxygen atoms in total. The number of hydrogen-bond acceptors (Lipinski definition) is 4. The second-order valence-corrected chi connectivity index (χ2v) is 8.02. The first-order chi connectivity index (χ1) is 15.2. The Morgan fingerprint density at radius 3 is 2.69 bits per heavy atom. The van der Waals surface area contributed by atoms with Crippen molar-refractivity contribution >= 4 is 16.6 Å².